The van der Waals surface area contributed by atoms with Crippen LogP contribution in [0, 0.1) is 11.3 Å². The molecule has 1 fully saturated rings. The van der Waals surface area contributed by atoms with E-state index in [1.165, 1.54) is 0 Å². The molecule has 4 rings (SSSR count). The van der Waals surface area contributed by atoms with Crippen molar-refractivity contribution in [3.63, 3.8) is 0 Å². The number of anilines is 2. The summed E-state index contributed by atoms with van der Waals surface area (Å²) in [5.41, 5.74) is 4.31. The molecule has 1 aromatic heterocycles. The van der Waals surface area contributed by atoms with Crippen molar-refractivity contribution < 1.29 is 9.53 Å². The van der Waals surface area contributed by atoms with Crippen LogP contribution in [0.3, 0.4) is 0 Å². The van der Waals surface area contributed by atoms with Crippen molar-refractivity contribution in [1.82, 2.24) is 4.98 Å². The first-order chi connectivity index (χ1) is 13.1. The molecular weight excluding hydrogens is 340 g/mol. The second-order valence-electron chi connectivity index (χ2n) is 7.10. The van der Waals surface area contributed by atoms with E-state index in [1.54, 1.807) is 17.0 Å². The normalized spacial score (nSPS) is 16.8. The number of benzene rings is 1. The smallest absolute Gasteiger partial charge is 0.414 e. The summed E-state index contributed by atoms with van der Waals surface area (Å²) >= 11 is 0. The zero-order chi connectivity index (χ0) is 18.8. The molecule has 2 heterocycles. The Balaban J connectivity index is 1.49. The number of fused-ring (bicyclic) bond motifs is 1. The van der Waals surface area contributed by atoms with Gasteiger partial charge in [-0.25, -0.2) is 4.79 Å². The molecule has 2 aromatic rings. The molecule has 0 spiro atoms. The van der Waals surface area contributed by atoms with Crippen LogP contribution in [0.4, 0.5) is 16.2 Å². The Kier molecular flexibility index (Phi) is 4.68. The number of ether oxygens (including phenoxy) is 1. The van der Waals surface area contributed by atoms with Gasteiger partial charge >= 0.3 is 6.09 Å². The number of nitriles is 1. The van der Waals surface area contributed by atoms with Gasteiger partial charge in [0.1, 0.15) is 6.10 Å². The average molecular weight is 362 g/mol. The Morgan fingerprint density at radius 3 is 2.78 bits per heavy atom. The van der Waals surface area contributed by atoms with Crippen molar-refractivity contribution in [2.75, 3.05) is 16.8 Å². The second-order valence-corrected chi connectivity index (χ2v) is 7.10. The molecule has 1 aliphatic carbocycles. The van der Waals surface area contributed by atoms with Crippen molar-refractivity contribution in [3.05, 3.63) is 53.3 Å². The van der Waals surface area contributed by atoms with Gasteiger partial charge in [0.15, 0.2) is 0 Å². The number of nitrogens with zero attached hydrogens (tertiary/aromatic N) is 3. The number of carbonyl (C=O) groups excluding carboxylic acids is 1. The van der Waals surface area contributed by atoms with Gasteiger partial charge in [-0.1, -0.05) is 0 Å². The Morgan fingerprint density at radius 2 is 2.07 bits per heavy atom. The van der Waals surface area contributed by atoms with Gasteiger partial charge in [0.05, 0.1) is 34.7 Å². The largest absolute Gasteiger partial charge is 0.446 e. The SMILES string of the molecule is CC(Nc1ccc(C#N)cc1)c1ccc2c(n1)CCCN2C(=O)OC1CC1. The van der Waals surface area contributed by atoms with Crippen LogP contribution in [0.1, 0.15) is 49.2 Å². The van der Waals surface area contributed by atoms with E-state index < -0.39 is 0 Å². The van der Waals surface area contributed by atoms with Crippen molar-refractivity contribution in [2.45, 2.75) is 44.8 Å². The maximum atomic E-state index is 12.4. The summed E-state index contributed by atoms with van der Waals surface area (Å²) in [5, 5.41) is 12.3. The van der Waals surface area contributed by atoms with Crippen LogP contribution in [-0.4, -0.2) is 23.7 Å². The number of hydrogen-bond acceptors (Lipinski definition) is 5. The summed E-state index contributed by atoms with van der Waals surface area (Å²) in [7, 11) is 0. The number of carbonyl (C=O) groups is 1. The number of rotatable bonds is 4. The van der Waals surface area contributed by atoms with Crippen molar-refractivity contribution in [3.8, 4) is 6.07 Å². The number of nitrogens with one attached hydrogen (secondary N) is 1. The molecule has 1 amide bonds. The van der Waals surface area contributed by atoms with E-state index in [1.807, 2.05) is 24.3 Å². The standard InChI is InChI=1S/C21H22N4O2/c1-14(23-16-6-4-15(13-22)5-7-16)18-10-11-20-19(24-18)3-2-12-25(20)21(26)27-17-8-9-17/h4-7,10-11,14,17,23H,2-3,8-9,12H2,1H3. The van der Waals surface area contributed by atoms with E-state index in [2.05, 4.69) is 18.3 Å². The Labute approximate surface area is 158 Å². The monoisotopic (exact) mass is 362 g/mol. The molecule has 1 aromatic carbocycles. The molecule has 1 saturated carbocycles. The third kappa shape index (κ3) is 3.87. The highest BCUT2D eigenvalue weighted by molar-refractivity contribution is 5.89. The maximum Gasteiger partial charge on any atom is 0.414 e. The Morgan fingerprint density at radius 1 is 1.30 bits per heavy atom. The molecule has 0 saturated heterocycles. The highest BCUT2D eigenvalue weighted by Crippen LogP contribution is 2.31. The third-order valence-electron chi connectivity index (χ3n) is 4.91. The van der Waals surface area contributed by atoms with Crippen LogP contribution in [0.5, 0.6) is 0 Å². The quantitative estimate of drug-likeness (QED) is 0.883. The summed E-state index contributed by atoms with van der Waals surface area (Å²) < 4.78 is 5.46. The molecule has 0 bridgehead atoms. The molecule has 1 unspecified atom stereocenters. The number of pyridine rings is 1. The van der Waals surface area contributed by atoms with Crippen LogP contribution < -0.4 is 10.2 Å². The Hall–Kier alpha value is -3.07. The molecule has 1 aliphatic heterocycles. The third-order valence-corrected chi connectivity index (χ3v) is 4.91. The number of aryl methyl sites for hydroxylation is 1. The highest BCUT2D eigenvalue weighted by Gasteiger charge is 2.31. The predicted molar refractivity (Wildman–Crippen MR) is 103 cm³/mol. The maximum absolute atomic E-state index is 12.4. The van der Waals surface area contributed by atoms with E-state index in [-0.39, 0.29) is 18.2 Å². The summed E-state index contributed by atoms with van der Waals surface area (Å²) in [5.74, 6) is 0. The number of amides is 1. The zero-order valence-electron chi connectivity index (χ0n) is 15.3. The number of hydrogen-bond donors (Lipinski definition) is 1. The van der Waals surface area contributed by atoms with Crippen molar-refractivity contribution in [2.24, 2.45) is 0 Å². The predicted octanol–water partition coefficient (Wildman–Crippen LogP) is 4.18. The summed E-state index contributed by atoms with van der Waals surface area (Å²) in [4.78, 5) is 18.9. The zero-order valence-corrected chi connectivity index (χ0v) is 15.3. The first-order valence-corrected chi connectivity index (χ1v) is 9.39. The van der Waals surface area contributed by atoms with E-state index in [0.717, 1.165) is 48.4 Å². The van der Waals surface area contributed by atoms with Gasteiger partial charge in [-0.15, -0.1) is 0 Å². The van der Waals surface area contributed by atoms with Crippen LogP contribution in [-0.2, 0) is 11.2 Å². The van der Waals surface area contributed by atoms with Crippen LogP contribution in [0.15, 0.2) is 36.4 Å². The van der Waals surface area contributed by atoms with Gasteiger partial charge in [0.25, 0.3) is 0 Å². The van der Waals surface area contributed by atoms with E-state index in [9.17, 15) is 4.79 Å². The minimum Gasteiger partial charge on any atom is -0.446 e. The fraction of sp³-hybridized carbons (Fsp3) is 0.381. The average Bonchev–Trinajstić information content (AvgIpc) is 3.51. The summed E-state index contributed by atoms with van der Waals surface area (Å²) in [6.07, 6.45) is 3.55. The second kappa shape index (κ2) is 7.28. The lowest BCUT2D eigenvalue weighted by Crippen LogP contribution is -2.36. The lowest BCUT2D eigenvalue weighted by molar-refractivity contribution is 0.146. The molecule has 6 heteroatoms. The molecule has 1 atom stereocenters. The van der Waals surface area contributed by atoms with Crippen LogP contribution in [0.2, 0.25) is 0 Å². The fourth-order valence-electron chi connectivity index (χ4n) is 3.25. The minimum absolute atomic E-state index is 0.0111. The van der Waals surface area contributed by atoms with Gasteiger partial charge in [-0.3, -0.25) is 9.88 Å². The molecule has 27 heavy (non-hydrogen) atoms. The molecule has 1 N–H and O–H groups in total. The van der Waals surface area contributed by atoms with Gasteiger partial charge in [0.2, 0.25) is 0 Å². The van der Waals surface area contributed by atoms with Gasteiger partial charge in [-0.05, 0) is 69.0 Å². The van der Waals surface area contributed by atoms with Gasteiger partial charge in [0, 0.05) is 12.2 Å². The molecular formula is C21H22N4O2. The van der Waals surface area contributed by atoms with Crippen molar-refractivity contribution >= 4 is 17.5 Å². The summed E-state index contributed by atoms with van der Waals surface area (Å²) in [6.45, 7) is 2.73. The Bertz CT molecular complexity index is 884. The van der Waals surface area contributed by atoms with E-state index >= 15 is 0 Å². The van der Waals surface area contributed by atoms with Crippen LogP contribution in [0.25, 0.3) is 0 Å². The van der Waals surface area contributed by atoms with E-state index in [0.29, 0.717) is 12.1 Å². The molecule has 0 radical (unpaired) electrons. The molecule has 138 valence electrons. The fourth-order valence-corrected chi connectivity index (χ4v) is 3.25. The van der Waals surface area contributed by atoms with E-state index in [4.69, 9.17) is 15.0 Å². The van der Waals surface area contributed by atoms with Crippen LogP contribution >= 0.6 is 0 Å². The summed E-state index contributed by atoms with van der Waals surface area (Å²) in [6, 6.07) is 13.4. The van der Waals surface area contributed by atoms with Gasteiger partial charge in [-0.2, -0.15) is 5.26 Å². The number of aromatic nitrogens is 1. The van der Waals surface area contributed by atoms with Crippen molar-refractivity contribution in [1.29, 1.82) is 5.26 Å². The first-order valence-electron chi connectivity index (χ1n) is 9.39. The molecule has 2 aliphatic rings. The minimum atomic E-state index is -0.253. The first kappa shape index (κ1) is 17.3. The van der Waals surface area contributed by atoms with Gasteiger partial charge < -0.3 is 10.1 Å². The lowest BCUT2D eigenvalue weighted by atomic mass is 10.1. The highest BCUT2D eigenvalue weighted by atomic mass is 16.6. The topological polar surface area (TPSA) is 78.3 Å². The lowest BCUT2D eigenvalue weighted by Gasteiger charge is -2.29. The molecule has 6 nitrogen and oxygen atoms in total.